The van der Waals surface area contributed by atoms with E-state index in [9.17, 15) is 0 Å². The van der Waals surface area contributed by atoms with Gasteiger partial charge in [0.05, 0.1) is 15.9 Å². The third-order valence-electron chi connectivity index (χ3n) is 3.36. The van der Waals surface area contributed by atoms with Gasteiger partial charge in [-0.15, -0.1) is 0 Å². The molecule has 18 heavy (non-hydrogen) atoms. The fraction of sp³-hybridized carbons (Fsp3) is 0.385. The van der Waals surface area contributed by atoms with Gasteiger partial charge in [0.2, 0.25) is 5.28 Å². The van der Waals surface area contributed by atoms with E-state index in [1.807, 2.05) is 19.1 Å². The number of aryl methyl sites for hydroxylation is 1. The molecule has 2 aromatic rings. The topological polar surface area (TPSA) is 29.0 Å². The van der Waals surface area contributed by atoms with Gasteiger partial charge in [-0.3, -0.25) is 0 Å². The Morgan fingerprint density at radius 2 is 1.83 bits per heavy atom. The summed E-state index contributed by atoms with van der Waals surface area (Å²) in [6, 6.07) is 3.86. The van der Waals surface area contributed by atoms with Crippen molar-refractivity contribution in [1.82, 2.24) is 9.97 Å². The van der Waals surface area contributed by atoms with Crippen LogP contribution in [0.15, 0.2) is 12.1 Å². The van der Waals surface area contributed by atoms with Crippen LogP contribution >= 0.6 is 23.2 Å². The van der Waals surface area contributed by atoms with Crippen LogP contribution in [0.1, 0.15) is 18.4 Å². The highest BCUT2D eigenvalue weighted by Gasteiger charge is 2.20. The summed E-state index contributed by atoms with van der Waals surface area (Å²) in [6.45, 7) is 4.02. The molecule has 1 fully saturated rings. The molecule has 0 unspecified atom stereocenters. The van der Waals surface area contributed by atoms with E-state index >= 15 is 0 Å². The van der Waals surface area contributed by atoms with Gasteiger partial charge in [-0.05, 0) is 43.0 Å². The van der Waals surface area contributed by atoms with Crippen molar-refractivity contribution >= 4 is 39.9 Å². The molecule has 0 aliphatic carbocycles. The summed E-state index contributed by atoms with van der Waals surface area (Å²) in [5.74, 6) is 0.871. The highest BCUT2D eigenvalue weighted by atomic mass is 35.5. The zero-order valence-electron chi connectivity index (χ0n) is 10.1. The molecule has 5 heteroatoms. The number of halogens is 2. The molecule has 1 aromatic carbocycles. The molecule has 1 saturated heterocycles. The molecule has 3 rings (SSSR count). The largest absolute Gasteiger partial charge is 0.356 e. The maximum absolute atomic E-state index is 6.32. The quantitative estimate of drug-likeness (QED) is 0.744. The summed E-state index contributed by atoms with van der Waals surface area (Å²) in [4.78, 5) is 10.9. The summed E-state index contributed by atoms with van der Waals surface area (Å²) < 4.78 is 0. The molecule has 0 atom stereocenters. The highest BCUT2D eigenvalue weighted by molar-refractivity contribution is 6.37. The van der Waals surface area contributed by atoms with E-state index in [1.165, 1.54) is 12.8 Å². The van der Waals surface area contributed by atoms with E-state index in [2.05, 4.69) is 14.9 Å². The number of anilines is 1. The Morgan fingerprint density at radius 1 is 1.11 bits per heavy atom. The van der Waals surface area contributed by atoms with Crippen LogP contribution in [0.3, 0.4) is 0 Å². The van der Waals surface area contributed by atoms with Crippen LogP contribution in [-0.2, 0) is 0 Å². The van der Waals surface area contributed by atoms with Gasteiger partial charge in [0, 0.05) is 13.1 Å². The number of benzene rings is 1. The van der Waals surface area contributed by atoms with Crippen LogP contribution in [0.5, 0.6) is 0 Å². The van der Waals surface area contributed by atoms with E-state index in [4.69, 9.17) is 23.2 Å². The number of hydrogen-bond acceptors (Lipinski definition) is 3. The predicted octanol–water partition coefficient (Wildman–Crippen LogP) is 3.85. The van der Waals surface area contributed by atoms with Crippen molar-refractivity contribution in [1.29, 1.82) is 0 Å². The van der Waals surface area contributed by atoms with E-state index in [1.54, 1.807) is 0 Å². The number of aromatic nitrogens is 2. The first-order valence-corrected chi connectivity index (χ1v) is 6.80. The third-order valence-corrected chi connectivity index (χ3v) is 3.84. The first-order chi connectivity index (χ1) is 8.66. The molecule has 2 heterocycles. The van der Waals surface area contributed by atoms with Crippen molar-refractivity contribution in [3.8, 4) is 0 Å². The fourth-order valence-electron chi connectivity index (χ4n) is 2.45. The van der Waals surface area contributed by atoms with E-state index in [0.29, 0.717) is 5.02 Å². The van der Waals surface area contributed by atoms with Gasteiger partial charge in [-0.1, -0.05) is 17.7 Å². The Labute approximate surface area is 116 Å². The smallest absolute Gasteiger partial charge is 0.224 e. The molecule has 0 saturated carbocycles. The van der Waals surface area contributed by atoms with Gasteiger partial charge in [0.1, 0.15) is 5.82 Å². The van der Waals surface area contributed by atoms with Gasteiger partial charge in [0.25, 0.3) is 0 Å². The van der Waals surface area contributed by atoms with Crippen molar-refractivity contribution in [3.05, 3.63) is 28.0 Å². The maximum Gasteiger partial charge on any atom is 0.224 e. The van der Waals surface area contributed by atoms with Gasteiger partial charge < -0.3 is 4.90 Å². The van der Waals surface area contributed by atoms with Crippen LogP contribution in [0.2, 0.25) is 10.3 Å². The van der Waals surface area contributed by atoms with E-state index in [0.717, 1.165) is 35.4 Å². The lowest BCUT2D eigenvalue weighted by atomic mass is 10.1. The second kappa shape index (κ2) is 4.56. The van der Waals surface area contributed by atoms with Crippen molar-refractivity contribution in [3.63, 3.8) is 0 Å². The number of hydrogen-bond donors (Lipinski definition) is 0. The summed E-state index contributed by atoms with van der Waals surface area (Å²) in [5.41, 5.74) is 1.92. The average Bonchev–Trinajstić information content (AvgIpc) is 2.86. The summed E-state index contributed by atoms with van der Waals surface area (Å²) in [7, 11) is 0. The minimum Gasteiger partial charge on any atom is -0.356 e. The average molecular weight is 282 g/mol. The van der Waals surface area contributed by atoms with Gasteiger partial charge in [-0.2, -0.15) is 4.98 Å². The zero-order valence-corrected chi connectivity index (χ0v) is 11.6. The monoisotopic (exact) mass is 281 g/mol. The Morgan fingerprint density at radius 3 is 2.56 bits per heavy atom. The molecule has 0 spiro atoms. The number of nitrogens with zero attached hydrogens (tertiary/aromatic N) is 3. The first kappa shape index (κ1) is 12.0. The molecule has 0 N–H and O–H groups in total. The van der Waals surface area contributed by atoms with E-state index < -0.39 is 0 Å². The highest BCUT2D eigenvalue weighted by Crippen LogP contribution is 2.34. The molecule has 0 amide bonds. The minimum absolute atomic E-state index is 0.287. The molecule has 0 bridgehead atoms. The van der Waals surface area contributed by atoms with Crippen LogP contribution < -0.4 is 4.90 Å². The molecule has 94 valence electrons. The summed E-state index contributed by atoms with van der Waals surface area (Å²) in [5, 5.41) is 1.90. The summed E-state index contributed by atoms with van der Waals surface area (Å²) in [6.07, 6.45) is 2.37. The Kier molecular flexibility index (Phi) is 3.04. The standard InChI is InChI=1S/C13H13Cl2N3/c1-8-4-5-9(14)10-11(8)16-13(15)17-12(10)18-6-2-3-7-18/h4-5H,2-3,6-7H2,1H3. The Balaban J connectivity index is 2.32. The van der Waals surface area contributed by atoms with Crippen LogP contribution in [0, 0.1) is 6.92 Å². The van der Waals surface area contributed by atoms with Gasteiger partial charge in [0.15, 0.2) is 0 Å². The maximum atomic E-state index is 6.32. The van der Waals surface area contributed by atoms with Gasteiger partial charge in [-0.25, -0.2) is 4.98 Å². The normalized spacial score (nSPS) is 15.6. The first-order valence-electron chi connectivity index (χ1n) is 6.04. The molecule has 3 nitrogen and oxygen atoms in total. The van der Waals surface area contributed by atoms with Gasteiger partial charge >= 0.3 is 0 Å². The Bertz CT molecular complexity index is 607. The molecule has 1 aliphatic heterocycles. The van der Waals surface area contributed by atoms with E-state index in [-0.39, 0.29) is 5.28 Å². The van der Waals surface area contributed by atoms with Crippen LogP contribution in [0.4, 0.5) is 5.82 Å². The third kappa shape index (κ3) is 1.91. The van der Waals surface area contributed by atoms with Crippen LogP contribution in [-0.4, -0.2) is 23.1 Å². The molecule has 1 aromatic heterocycles. The molecular formula is C13H13Cl2N3. The van der Waals surface area contributed by atoms with Crippen molar-refractivity contribution in [2.75, 3.05) is 18.0 Å². The lowest BCUT2D eigenvalue weighted by Crippen LogP contribution is -2.19. The summed E-state index contributed by atoms with van der Waals surface area (Å²) >= 11 is 12.3. The second-order valence-electron chi connectivity index (χ2n) is 4.60. The minimum atomic E-state index is 0.287. The van der Waals surface area contributed by atoms with Crippen LogP contribution in [0.25, 0.3) is 10.9 Å². The SMILES string of the molecule is Cc1ccc(Cl)c2c(N3CCCC3)nc(Cl)nc12. The fourth-order valence-corrected chi connectivity index (χ4v) is 2.85. The van der Waals surface area contributed by atoms with Crippen molar-refractivity contribution in [2.45, 2.75) is 19.8 Å². The zero-order chi connectivity index (χ0) is 12.7. The molecule has 0 radical (unpaired) electrons. The molecular weight excluding hydrogens is 269 g/mol. The lowest BCUT2D eigenvalue weighted by molar-refractivity contribution is 0.939. The van der Waals surface area contributed by atoms with Crippen molar-refractivity contribution in [2.24, 2.45) is 0 Å². The predicted molar refractivity (Wildman–Crippen MR) is 75.7 cm³/mol. The lowest BCUT2D eigenvalue weighted by Gasteiger charge is -2.19. The molecule has 1 aliphatic rings. The second-order valence-corrected chi connectivity index (χ2v) is 5.34. The number of fused-ring (bicyclic) bond motifs is 1. The Hall–Kier alpha value is -1.06. The van der Waals surface area contributed by atoms with Crippen molar-refractivity contribution < 1.29 is 0 Å². The number of rotatable bonds is 1.